The number of rotatable bonds is 5. The van der Waals surface area contributed by atoms with E-state index >= 15 is 0 Å². The predicted molar refractivity (Wildman–Crippen MR) is 84.1 cm³/mol. The lowest BCUT2D eigenvalue weighted by Gasteiger charge is -2.25. The minimum absolute atomic E-state index is 0.261. The molecule has 5 heteroatoms. The van der Waals surface area contributed by atoms with Gasteiger partial charge in [-0.25, -0.2) is 0 Å². The lowest BCUT2D eigenvalue weighted by Crippen LogP contribution is -2.36. The third-order valence-corrected chi connectivity index (χ3v) is 4.82. The molecule has 0 saturated carbocycles. The van der Waals surface area contributed by atoms with E-state index in [1.165, 1.54) is 0 Å². The fourth-order valence-corrected chi connectivity index (χ4v) is 3.86. The van der Waals surface area contributed by atoms with Gasteiger partial charge in [-0.05, 0) is 48.6 Å². The average Bonchev–Trinajstić information content (AvgIpc) is 2.78. The molecule has 1 aliphatic rings. The molecule has 2 atom stereocenters. The van der Waals surface area contributed by atoms with Crippen LogP contribution in [0, 0.1) is 5.92 Å². The fourth-order valence-electron chi connectivity index (χ4n) is 2.70. The Labute approximate surface area is 127 Å². The van der Waals surface area contributed by atoms with E-state index in [0.717, 1.165) is 35.3 Å². The first kappa shape index (κ1) is 14.9. The molecule has 1 saturated heterocycles. The highest BCUT2D eigenvalue weighted by Crippen LogP contribution is 2.30. The van der Waals surface area contributed by atoms with Crippen LogP contribution in [-0.2, 0) is 4.79 Å². The molecule has 0 bridgehead atoms. The van der Waals surface area contributed by atoms with Gasteiger partial charge in [-0.1, -0.05) is 28.1 Å². The van der Waals surface area contributed by atoms with Gasteiger partial charge in [0.05, 0.1) is 0 Å². The summed E-state index contributed by atoms with van der Waals surface area (Å²) in [7, 11) is 0. The summed E-state index contributed by atoms with van der Waals surface area (Å²) >= 11 is 5.32. The molecular weight excluding hydrogens is 324 g/mol. The first-order chi connectivity index (χ1) is 9.11. The van der Waals surface area contributed by atoms with Gasteiger partial charge >= 0.3 is 0 Å². The minimum Gasteiger partial charge on any atom is -0.368 e. The first-order valence-corrected chi connectivity index (χ1v) is 8.58. The monoisotopic (exact) mass is 342 g/mol. The molecule has 2 N–H and O–H groups in total. The van der Waals surface area contributed by atoms with Crippen LogP contribution in [0.5, 0.6) is 0 Å². The summed E-state index contributed by atoms with van der Waals surface area (Å²) in [6, 6.07) is 7.57. The van der Waals surface area contributed by atoms with Crippen LogP contribution in [0.1, 0.15) is 18.0 Å². The van der Waals surface area contributed by atoms with Crippen LogP contribution >= 0.6 is 27.7 Å². The summed E-state index contributed by atoms with van der Waals surface area (Å²) in [5.41, 5.74) is 6.60. The molecule has 104 valence electrons. The molecule has 1 aromatic carbocycles. The van der Waals surface area contributed by atoms with Crippen molar-refractivity contribution in [2.75, 3.05) is 25.1 Å². The number of halogens is 1. The van der Waals surface area contributed by atoms with Crippen molar-refractivity contribution in [3.05, 3.63) is 34.3 Å². The van der Waals surface area contributed by atoms with Crippen molar-refractivity contribution >= 4 is 33.6 Å². The summed E-state index contributed by atoms with van der Waals surface area (Å²) < 4.78 is 0.983. The van der Waals surface area contributed by atoms with Crippen LogP contribution in [0.4, 0.5) is 0 Å². The zero-order valence-electron chi connectivity index (χ0n) is 11.0. The molecule has 0 spiro atoms. The highest BCUT2D eigenvalue weighted by molar-refractivity contribution is 9.10. The maximum atomic E-state index is 11.8. The van der Waals surface area contributed by atoms with Crippen molar-refractivity contribution in [1.82, 2.24) is 4.90 Å². The number of primary amides is 1. The fraction of sp³-hybridized carbons (Fsp3) is 0.500. The number of amides is 1. The number of carbonyl (C=O) groups excluding carboxylic acids is 1. The Hall–Kier alpha value is -0.520. The molecule has 0 unspecified atom stereocenters. The molecule has 3 nitrogen and oxygen atoms in total. The lowest BCUT2D eigenvalue weighted by molar-refractivity contribution is -0.123. The van der Waals surface area contributed by atoms with E-state index in [1.807, 2.05) is 36.0 Å². The number of benzene rings is 1. The van der Waals surface area contributed by atoms with E-state index in [2.05, 4.69) is 27.1 Å². The van der Waals surface area contributed by atoms with Crippen molar-refractivity contribution in [2.24, 2.45) is 11.7 Å². The maximum absolute atomic E-state index is 11.8. The van der Waals surface area contributed by atoms with E-state index in [-0.39, 0.29) is 11.9 Å². The standard InChI is InChI=1S/C14H19BrN2OS/c1-19-9-10-5-6-17(8-10)13(14(16)18)11-3-2-4-12(15)7-11/h2-4,7,10,13H,5-6,8-9H2,1H3,(H2,16,18)/t10-,13-/m1/s1. The van der Waals surface area contributed by atoms with E-state index in [1.54, 1.807) is 0 Å². The molecule has 0 radical (unpaired) electrons. The predicted octanol–water partition coefficient (Wildman–Crippen LogP) is 2.66. The summed E-state index contributed by atoms with van der Waals surface area (Å²) in [5.74, 6) is 1.56. The van der Waals surface area contributed by atoms with Gasteiger partial charge in [0.15, 0.2) is 0 Å². The first-order valence-electron chi connectivity index (χ1n) is 6.39. The molecule has 1 aromatic rings. The second-order valence-electron chi connectivity index (χ2n) is 4.96. The van der Waals surface area contributed by atoms with Gasteiger partial charge in [0, 0.05) is 11.0 Å². The normalized spacial score (nSPS) is 21.5. The Morgan fingerprint density at radius 3 is 3.05 bits per heavy atom. The van der Waals surface area contributed by atoms with Gasteiger partial charge in [-0.2, -0.15) is 11.8 Å². The van der Waals surface area contributed by atoms with E-state index < -0.39 is 0 Å². The van der Waals surface area contributed by atoms with Crippen LogP contribution in [-0.4, -0.2) is 35.9 Å². The van der Waals surface area contributed by atoms with E-state index in [0.29, 0.717) is 5.92 Å². The largest absolute Gasteiger partial charge is 0.368 e. The molecule has 0 aromatic heterocycles. The number of likely N-dealkylation sites (tertiary alicyclic amines) is 1. The van der Waals surface area contributed by atoms with Gasteiger partial charge < -0.3 is 5.73 Å². The zero-order chi connectivity index (χ0) is 13.8. The summed E-state index contributed by atoms with van der Waals surface area (Å²) in [4.78, 5) is 14.0. The lowest BCUT2D eigenvalue weighted by atomic mass is 10.1. The van der Waals surface area contributed by atoms with Crippen LogP contribution < -0.4 is 5.73 Å². The number of nitrogens with two attached hydrogens (primary N) is 1. The quantitative estimate of drug-likeness (QED) is 0.894. The summed E-state index contributed by atoms with van der Waals surface area (Å²) in [6.45, 7) is 1.91. The molecule has 1 amide bonds. The molecule has 1 aliphatic heterocycles. The smallest absolute Gasteiger partial charge is 0.239 e. The van der Waals surface area contributed by atoms with Crippen molar-refractivity contribution in [2.45, 2.75) is 12.5 Å². The zero-order valence-corrected chi connectivity index (χ0v) is 13.4. The molecule has 1 heterocycles. The van der Waals surface area contributed by atoms with Gasteiger partial charge in [-0.3, -0.25) is 9.69 Å². The van der Waals surface area contributed by atoms with Gasteiger partial charge in [0.25, 0.3) is 0 Å². The molecular formula is C14H19BrN2OS. The second kappa shape index (κ2) is 6.77. The molecule has 0 aliphatic carbocycles. The SMILES string of the molecule is CSC[C@@H]1CCN([C@@H](C(N)=O)c2cccc(Br)c2)C1. The van der Waals surface area contributed by atoms with Crippen molar-refractivity contribution in [1.29, 1.82) is 0 Å². The topological polar surface area (TPSA) is 46.3 Å². The minimum atomic E-state index is -0.302. The Morgan fingerprint density at radius 1 is 1.63 bits per heavy atom. The Balaban J connectivity index is 2.15. The number of thioether (sulfide) groups is 1. The summed E-state index contributed by atoms with van der Waals surface area (Å²) in [6.07, 6.45) is 3.28. The van der Waals surface area contributed by atoms with Gasteiger partial charge in [0.2, 0.25) is 5.91 Å². The van der Waals surface area contributed by atoms with Gasteiger partial charge in [-0.15, -0.1) is 0 Å². The van der Waals surface area contributed by atoms with Crippen LogP contribution in [0.15, 0.2) is 28.7 Å². The molecule has 1 fully saturated rings. The molecule has 2 rings (SSSR count). The van der Waals surface area contributed by atoms with Crippen molar-refractivity contribution in [3.63, 3.8) is 0 Å². The summed E-state index contributed by atoms with van der Waals surface area (Å²) in [5, 5.41) is 0. The van der Waals surface area contributed by atoms with Crippen molar-refractivity contribution in [3.8, 4) is 0 Å². The number of carbonyl (C=O) groups is 1. The Bertz CT molecular complexity index is 455. The molecule has 19 heavy (non-hydrogen) atoms. The number of hydrogen-bond donors (Lipinski definition) is 1. The van der Waals surface area contributed by atoms with E-state index in [9.17, 15) is 4.79 Å². The second-order valence-corrected chi connectivity index (χ2v) is 6.79. The third-order valence-electron chi connectivity index (χ3n) is 3.52. The Morgan fingerprint density at radius 2 is 2.42 bits per heavy atom. The third kappa shape index (κ3) is 3.74. The van der Waals surface area contributed by atoms with Crippen LogP contribution in [0.3, 0.4) is 0 Å². The number of nitrogens with zero attached hydrogens (tertiary/aromatic N) is 1. The highest BCUT2D eigenvalue weighted by atomic mass is 79.9. The Kier molecular flexibility index (Phi) is 5.30. The number of hydrogen-bond acceptors (Lipinski definition) is 3. The van der Waals surface area contributed by atoms with Crippen molar-refractivity contribution < 1.29 is 4.79 Å². The average molecular weight is 343 g/mol. The van der Waals surface area contributed by atoms with Crippen LogP contribution in [0.2, 0.25) is 0 Å². The van der Waals surface area contributed by atoms with Gasteiger partial charge in [0.1, 0.15) is 6.04 Å². The van der Waals surface area contributed by atoms with E-state index in [4.69, 9.17) is 5.73 Å². The maximum Gasteiger partial charge on any atom is 0.239 e. The highest BCUT2D eigenvalue weighted by Gasteiger charge is 2.32. The van der Waals surface area contributed by atoms with Crippen LogP contribution in [0.25, 0.3) is 0 Å².